The first kappa shape index (κ1) is 14.6. The average molecular weight is 214 g/mol. The lowest BCUT2D eigenvalue weighted by molar-refractivity contribution is -0.121. The van der Waals surface area contributed by atoms with Crippen LogP contribution in [0.3, 0.4) is 0 Å². The molecule has 0 unspecified atom stereocenters. The molecule has 0 aromatic carbocycles. The Hall–Kier alpha value is -0.410. The molecule has 3 heteroatoms. The Kier molecular flexibility index (Phi) is 8.62. The van der Waals surface area contributed by atoms with Gasteiger partial charge in [-0.25, -0.2) is 0 Å². The van der Waals surface area contributed by atoms with Crippen molar-refractivity contribution in [1.29, 1.82) is 0 Å². The van der Waals surface area contributed by atoms with E-state index < -0.39 is 0 Å². The fraction of sp³-hybridized carbons (Fsp3) is 0.917. The first-order valence-electron chi connectivity index (χ1n) is 6.08. The van der Waals surface area contributed by atoms with Gasteiger partial charge >= 0.3 is 0 Å². The number of rotatable bonds is 9. The van der Waals surface area contributed by atoms with Gasteiger partial charge in [0.15, 0.2) is 5.78 Å². The molecule has 0 bridgehead atoms. The summed E-state index contributed by atoms with van der Waals surface area (Å²) in [6, 6.07) is -0.135. The second-order valence-corrected chi connectivity index (χ2v) is 4.51. The third-order valence-electron chi connectivity index (χ3n) is 2.42. The van der Waals surface area contributed by atoms with E-state index in [0.717, 1.165) is 25.8 Å². The molecule has 0 aliphatic carbocycles. The molecule has 0 aliphatic rings. The fourth-order valence-electron chi connectivity index (χ4n) is 1.43. The fourth-order valence-corrected chi connectivity index (χ4v) is 1.43. The number of ketones is 1. The van der Waals surface area contributed by atoms with Gasteiger partial charge in [0, 0.05) is 13.0 Å². The maximum atomic E-state index is 11.7. The standard InChI is InChI=1S/C12H26N2O/c1-4-5-6-7-12(15)11(8-13)14-9-10(2)3/h10-11,14H,4-9,13H2,1-3H3/t11-/m0/s1. The monoisotopic (exact) mass is 214 g/mol. The molecule has 0 radical (unpaired) electrons. The Balaban J connectivity index is 3.78. The van der Waals surface area contributed by atoms with Crippen molar-refractivity contribution in [3.05, 3.63) is 0 Å². The predicted molar refractivity (Wildman–Crippen MR) is 64.8 cm³/mol. The molecule has 0 saturated carbocycles. The molecule has 0 spiro atoms. The number of hydrogen-bond donors (Lipinski definition) is 2. The molecule has 0 fully saturated rings. The summed E-state index contributed by atoms with van der Waals surface area (Å²) in [7, 11) is 0. The molecule has 0 saturated heterocycles. The number of carbonyl (C=O) groups is 1. The molecule has 15 heavy (non-hydrogen) atoms. The summed E-state index contributed by atoms with van der Waals surface area (Å²) in [6.45, 7) is 7.67. The summed E-state index contributed by atoms with van der Waals surface area (Å²) in [5.41, 5.74) is 5.58. The van der Waals surface area contributed by atoms with E-state index in [1.807, 2.05) is 0 Å². The lowest BCUT2D eigenvalue weighted by Crippen LogP contribution is -2.44. The number of carbonyl (C=O) groups excluding carboxylic acids is 1. The first-order valence-corrected chi connectivity index (χ1v) is 6.08. The van der Waals surface area contributed by atoms with Gasteiger partial charge in [0.2, 0.25) is 0 Å². The van der Waals surface area contributed by atoms with Crippen LogP contribution in [0.25, 0.3) is 0 Å². The van der Waals surface area contributed by atoms with Crippen LogP contribution in [0.5, 0.6) is 0 Å². The molecule has 3 N–H and O–H groups in total. The van der Waals surface area contributed by atoms with Crippen LogP contribution in [0.4, 0.5) is 0 Å². The van der Waals surface area contributed by atoms with E-state index in [2.05, 4.69) is 26.1 Å². The number of hydrogen-bond acceptors (Lipinski definition) is 3. The van der Waals surface area contributed by atoms with Gasteiger partial charge in [0.25, 0.3) is 0 Å². The minimum absolute atomic E-state index is 0.135. The van der Waals surface area contributed by atoms with Gasteiger partial charge < -0.3 is 11.1 Å². The Bertz CT molecular complexity index is 169. The molecule has 3 nitrogen and oxygen atoms in total. The minimum atomic E-state index is -0.135. The van der Waals surface area contributed by atoms with E-state index >= 15 is 0 Å². The molecule has 1 atom stereocenters. The maximum absolute atomic E-state index is 11.7. The number of nitrogens with one attached hydrogen (secondary N) is 1. The van der Waals surface area contributed by atoms with Crippen LogP contribution >= 0.6 is 0 Å². The van der Waals surface area contributed by atoms with E-state index in [4.69, 9.17) is 5.73 Å². The summed E-state index contributed by atoms with van der Waals surface area (Å²) in [4.78, 5) is 11.7. The van der Waals surface area contributed by atoms with E-state index in [9.17, 15) is 4.79 Å². The Morgan fingerprint density at radius 1 is 1.33 bits per heavy atom. The lowest BCUT2D eigenvalue weighted by Gasteiger charge is -2.17. The quantitative estimate of drug-likeness (QED) is 0.574. The van der Waals surface area contributed by atoms with E-state index in [1.54, 1.807) is 0 Å². The highest BCUT2D eigenvalue weighted by Gasteiger charge is 2.15. The van der Waals surface area contributed by atoms with Crippen LogP contribution in [-0.4, -0.2) is 24.9 Å². The number of unbranched alkanes of at least 4 members (excludes halogenated alkanes) is 2. The summed E-state index contributed by atoms with van der Waals surface area (Å²) < 4.78 is 0. The van der Waals surface area contributed by atoms with Crippen LogP contribution in [0.1, 0.15) is 46.5 Å². The molecule has 0 heterocycles. The third-order valence-corrected chi connectivity index (χ3v) is 2.42. The molecular weight excluding hydrogens is 188 g/mol. The average Bonchev–Trinajstić information content (AvgIpc) is 2.18. The summed E-state index contributed by atoms with van der Waals surface area (Å²) in [5.74, 6) is 0.828. The van der Waals surface area contributed by atoms with Crippen molar-refractivity contribution in [1.82, 2.24) is 5.32 Å². The lowest BCUT2D eigenvalue weighted by atomic mass is 10.1. The molecule has 0 aromatic heterocycles. The van der Waals surface area contributed by atoms with Crippen molar-refractivity contribution >= 4 is 5.78 Å². The van der Waals surface area contributed by atoms with E-state index in [1.165, 1.54) is 0 Å². The zero-order chi connectivity index (χ0) is 11.7. The van der Waals surface area contributed by atoms with Crippen LogP contribution in [0.15, 0.2) is 0 Å². The van der Waals surface area contributed by atoms with Crippen LogP contribution in [-0.2, 0) is 4.79 Å². The second-order valence-electron chi connectivity index (χ2n) is 4.51. The van der Waals surface area contributed by atoms with Crippen molar-refractivity contribution in [2.45, 2.75) is 52.5 Å². The Morgan fingerprint density at radius 2 is 2.00 bits per heavy atom. The van der Waals surface area contributed by atoms with Gasteiger partial charge in [-0.1, -0.05) is 33.6 Å². The van der Waals surface area contributed by atoms with Crippen molar-refractivity contribution in [2.24, 2.45) is 11.7 Å². The Morgan fingerprint density at radius 3 is 2.47 bits per heavy atom. The highest BCUT2D eigenvalue weighted by molar-refractivity contribution is 5.84. The topological polar surface area (TPSA) is 55.1 Å². The zero-order valence-corrected chi connectivity index (χ0v) is 10.4. The molecule has 90 valence electrons. The number of Topliss-reactive ketones (excluding diaryl/α,β-unsaturated/α-hetero) is 1. The third kappa shape index (κ3) is 7.51. The zero-order valence-electron chi connectivity index (χ0n) is 10.4. The first-order chi connectivity index (χ1) is 7.11. The van der Waals surface area contributed by atoms with E-state index in [0.29, 0.717) is 18.9 Å². The molecule has 0 rings (SSSR count). The largest absolute Gasteiger partial charge is 0.328 e. The number of nitrogens with two attached hydrogens (primary N) is 1. The smallest absolute Gasteiger partial charge is 0.151 e. The summed E-state index contributed by atoms with van der Waals surface area (Å²) >= 11 is 0. The highest BCUT2D eigenvalue weighted by atomic mass is 16.1. The molecule has 0 aliphatic heterocycles. The minimum Gasteiger partial charge on any atom is -0.328 e. The van der Waals surface area contributed by atoms with Crippen molar-refractivity contribution in [2.75, 3.05) is 13.1 Å². The van der Waals surface area contributed by atoms with Gasteiger partial charge in [0.05, 0.1) is 6.04 Å². The van der Waals surface area contributed by atoms with Crippen molar-refractivity contribution in [3.63, 3.8) is 0 Å². The van der Waals surface area contributed by atoms with Crippen molar-refractivity contribution in [3.8, 4) is 0 Å². The van der Waals surface area contributed by atoms with Gasteiger partial charge in [0.1, 0.15) is 0 Å². The molecule has 0 amide bonds. The van der Waals surface area contributed by atoms with Gasteiger partial charge in [-0.15, -0.1) is 0 Å². The molecular formula is C12H26N2O. The summed E-state index contributed by atoms with van der Waals surface area (Å²) in [6.07, 6.45) is 3.95. The maximum Gasteiger partial charge on any atom is 0.151 e. The summed E-state index contributed by atoms with van der Waals surface area (Å²) in [5, 5.41) is 3.22. The Labute approximate surface area is 93.8 Å². The van der Waals surface area contributed by atoms with Gasteiger partial charge in [-0.3, -0.25) is 4.79 Å². The predicted octanol–water partition coefficient (Wildman–Crippen LogP) is 1.71. The molecule has 0 aromatic rings. The van der Waals surface area contributed by atoms with Gasteiger partial charge in [-0.05, 0) is 18.9 Å². The van der Waals surface area contributed by atoms with Crippen LogP contribution in [0, 0.1) is 5.92 Å². The van der Waals surface area contributed by atoms with E-state index in [-0.39, 0.29) is 11.8 Å². The van der Waals surface area contributed by atoms with Crippen LogP contribution in [0.2, 0.25) is 0 Å². The highest BCUT2D eigenvalue weighted by Crippen LogP contribution is 2.02. The normalized spacial score (nSPS) is 13.1. The second kappa shape index (κ2) is 8.86. The van der Waals surface area contributed by atoms with Crippen molar-refractivity contribution < 1.29 is 4.79 Å². The van der Waals surface area contributed by atoms with Gasteiger partial charge in [-0.2, -0.15) is 0 Å². The van der Waals surface area contributed by atoms with Crippen LogP contribution < -0.4 is 11.1 Å². The SMILES string of the molecule is CCCCCC(=O)[C@H](CN)NCC(C)C.